The van der Waals surface area contributed by atoms with Gasteiger partial charge in [0.2, 0.25) is 0 Å². The summed E-state index contributed by atoms with van der Waals surface area (Å²) in [5, 5.41) is 20.0. The SMILES string of the molecule is Cc1c(Br)cc(C(=O)CSC#N)c(O)c1C. The molecule has 84 valence electrons. The molecule has 0 fully saturated rings. The highest BCUT2D eigenvalue weighted by molar-refractivity contribution is 9.10. The van der Waals surface area contributed by atoms with Gasteiger partial charge in [0.25, 0.3) is 0 Å². The molecule has 1 aromatic carbocycles. The molecule has 0 aliphatic rings. The van der Waals surface area contributed by atoms with Crippen LogP contribution in [0.4, 0.5) is 0 Å². The third-order valence-electron chi connectivity index (χ3n) is 2.37. The molecule has 16 heavy (non-hydrogen) atoms. The van der Waals surface area contributed by atoms with Gasteiger partial charge in [-0.1, -0.05) is 15.9 Å². The molecule has 0 heterocycles. The van der Waals surface area contributed by atoms with Crippen molar-refractivity contribution in [2.75, 3.05) is 5.75 Å². The fourth-order valence-corrected chi connectivity index (χ4v) is 2.13. The summed E-state index contributed by atoms with van der Waals surface area (Å²) in [5.74, 6) is -0.184. The molecule has 0 bridgehead atoms. The lowest BCUT2D eigenvalue weighted by Gasteiger charge is -2.10. The molecule has 1 rings (SSSR count). The molecular formula is C11H10BrNO2S. The van der Waals surface area contributed by atoms with E-state index in [4.69, 9.17) is 5.26 Å². The van der Waals surface area contributed by atoms with Crippen molar-refractivity contribution in [3.63, 3.8) is 0 Å². The Labute approximate surface area is 107 Å². The van der Waals surface area contributed by atoms with Gasteiger partial charge in [0.15, 0.2) is 5.78 Å². The zero-order valence-corrected chi connectivity index (χ0v) is 11.3. The second-order valence-corrected chi connectivity index (χ2v) is 4.92. The topological polar surface area (TPSA) is 61.1 Å². The van der Waals surface area contributed by atoms with Gasteiger partial charge in [0.05, 0.1) is 11.3 Å². The third-order valence-corrected chi connectivity index (χ3v) is 3.73. The van der Waals surface area contributed by atoms with E-state index in [0.717, 1.165) is 21.8 Å². The maximum atomic E-state index is 11.7. The fraction of sp³-hybridized carbons (Fsp3) is 0.273. The van der Waals surface area contributed by atoms with E-state index in [9.17, 15) is 9.90 Å². The van der Waals surface area contributed by atoms with E-state index < -0.39 is 0 Å². The minimum atomic E-state index is -0.243. The standard InChI is InChI=1S/C11H10BrNO2S/c1-6-7(2)11(15)8(3-9(6)12)10(14)4-16-5-13/h3,15H,4H2,1-2H3. The Kier molecular flexibility index (Phi) is 4.39. The number of nitrogens with zero attached hydrogens (tertiary/aromatic N) is 1. The molecule has 0 saturated heterocycles. The predicted molar refractivity (Wildman–Crippen MR) is 67.7 cm³/mol. The van der Waals surface area contributed by atoms with E-state index in [1.54, 1.807) is 13.0 Å². The van der Waals surface area contributed by atoms with Crippen LogP contribution in [0.1, 0.15) is 21.5 Å². The average Bonchev–Trinajstić information content (AvgIpc) is 2.28. The number of ketones is 1. The normalized spacial score (nSPS) is 9.88. The highest BCUT2D eigenvalue weighted by Crippen LogP contribution is 2.31. The zero-order valence-electron chi connectivity index (χ0n) is 8.87. The van der Waals surface area contributed by atoms with Crippen LogP contribution >= 0.6 is 27.7 Å². The minimum Gasteiger partial charge on any atom is -0.507 e. The molecule has 0 aliphatic heterocycles. The molecule has 0 radical (unpaired) electrons. The first-order valence-electron chi connectivity index (χ1n) is 4.51. The molecule has 0 spiro atoms. The molecule has 0 atom stereocenters. The van der Waals surface area contributed by atoms with E-state index in [1.165, 1.54) is 0 Å². The number of hydrogen-bond donors (Lipinski definition) is 1. The summed E-state index contributed by atoms with van der Waals surface area (Å²) in [6.07, 6.45) is 0. The molecule has 0 saturated carbocycles. The number of nitriles is 1. The first-order chi connectivity index (χ1) is 7.49. The Morgan fingerprint density at radius 3 is 2.75 bits per heavy atom. The zero-order chi connectivity index (χ0) is 12.3. The second-order valence-electron chi connectivity index (χ2n) is 3.31. The number of hydrogen-bond acceptors (Lipinski definition) is 4. The smallest absolute Gasteiger partial charge is 0.177 e. The summed E-state index contributed by atoms with van der Waals surface area (Å²) >= 11 is 4.20. The number of phenolic OH excluding ortho intramolecular Hbond substituents is 1. The van der Waals surface area contributed by atoms with Crippen LogP contribution < -0.4 is 0 Å². The van der Waals surface area contributed by atoms with E-state index in [1.807, 2.05) is 12.3 Å². The molecule has 1 N–H and O–H groups in total. The fourth-order valence-electron chi connectivity index (χ4n) is 1.25. The van der Waals surface area contributed by atoms with Crippen molar-refractivity contribution in [2.45, 2.75) is 13.8 Å². The quantitative estimate of drug-likeness (QED) is 0.688. The van der Waals surface area contributed by atoms with Crippen LogP contribution in [0.5, 0.6) is 5.75 Å². The lowest BCUT2D eigenvalue weighted by molar-refractivity contribution is 0.102. The number of Topliss-reactive ketones (excluding diaryl/α,β-unsaturated/α-hetero) is 1. The van der Waals surface area contributed by atoms with Crippen LogP contribution in [0.15, 0.2) is 10.5 Å². The third kappa shape index (κ3) is 2.57. The molecule has 3 nitrogen and oxygen atoms in total. The number of carbonyl (C=O) groups excluding carboxylic acids is 1. The monoisotopic (exact) mass is 299 g/mol. The number of thioether (sulfide) groups is 1. The van der Waals surface area contributed by atoms with Crippen molar-refractivity contribution in [2.24, 2.45) is 0 Å². The van der Waals surface area contributed by atoms with Gasteiger partial charge in [0, 0.05) is 4.47 Å². The second kappa shape index (κ2) is 5.37. The van der Waals surface area contributed by atoms with Gasteiger partial charge in [-0.25, -0.2) is 0 Å². The number of thiocyanates is 1. The number of rotatable bonds is 3. The van der Waals surface area contributed by atoms with Crippen molar-refractivity contribution in [1.29, 1.82) is 5.26 Å². The Hall–Kier alpha value is -0.990. The number of halogens is 1. The summed E-state index contributed by atoms with van der Waals surface area (Å²) in [6, 6.07) is 1.60. The van der Waals surface area contributed by atoms with Crippen molar-refractivity contribution in [3.8, 4) is 11.2 Å². The molecule has 0 aliphatic carbocycles. The molecule has 1 aromatic rings. The van der Waals surface area contributed by atoms with Crippen molar-refractivity contribution in [3.05, 3.63) is 27.2 Å². The first-order valence-corrected chi connectivity index (χ1v) is 6.29. The number of phenols is 1. The van der Waals surface area contributed by atoms with Crippen molar-refractivity contribution < 1.29 is 9.90 Å². The van der Waals surface area contributed by atoms with Gasteiger partial charge >= 0.3 is 0 Å². The Morgan fingerprint density at radius 2 is 2.19 bits per heavy atom. The number of carbonyl (C=O) groups is 1. The summed E-state index contributed by atoms with van der Waals surface area (Å²) in [7, 11) is 0. The van der Waals surface area contributed by atoms with Gasteiger partial charge < -0.3 is 5.11 Å². The van der Waals surface area contributed by atoms with Crippen LogP contribution in [-0.2, 0) is 0 Å². The maximum Gasteiger partial charge on any atom is 0.177 e. The van der Waals surface area contributed by atoms with E-state index in [-0.39, 0.29) is 22.8 Å². The number of aromatic hydroxyl groups is 1. The summed E-state index contributed by atoms with van der Waals surface area (Å²) in [6.45, 7) is 3.61. The Morgan fingerprint density at radius 1 is 1.56 bits per heavy atom. The largest absolute Gasteiger partial charge is 0.507 e. The van der Waals surface area contributed by atoms with Crippen LogP contribution in [0.2, 0.25) is 0 Å². The van der Waals surface area contributed by atoms with Gasteiger partial charge in [-0.3, -0.25) is 4.79 Å². The van der Waals surface area contributed by atoms with Gasteiger partial charge in [-0.15, -0.1) is 0 Å². The number of benzene rings is 1. The lowest BCUT2D eigenvalue weighted by Crippen LogP contribution is -2.04. The summed E-state index contributed by atoms with van der Waals surface area (Å²) < 4.78 is 0.785. The van der Waals surface area contributed by atoms with E-state index >= 15 is 0 Å². The van der Waals surface area contributed by atoms with Crippen LogP contribution in [0.25, 0.3) is 0 Å². The predicted octanol–water partition coefficient (Wildman–Crippen LogP) is 3.17. The van der Waals surface area contributed by atoms with E-state index in [2.05, 4.69) is 15.9 Å². The minimum absolute atomic E-state index is 0.00393. The van der Waals surface area contributed by atoms with Crippen LogP contribution in [0.3, 0.4) is 0 Å². The molecule has 0 unspecified atom stereocenters. The first kappa shape index (κ1) is 13.1. The average molecular weight is 300 g/mol. The van der Waals surface area contributed by atoms with Gasteiger partial charge in [0.1, 0.15) is 11.2 Å². The van der Waals surface area contributed by atoms with Crippen molar-refractivity contribution in [1.82, 2.24) is 0 Å². The maximum absolute atomic E-state index is 11.7. The highest BCUT2D eigenvalue weighted by Gasteiger charge is 2.16. The summed E-state index contributed by atoms with van der Waals surface area (Å²) in [4.78, 5) is 11.7. The van der Waals surface area contributed by atoms with Crippen molar-refractivity contribution >= 4 is 33.5 Å². The molecule has 5 heteroatoms. The Balaban J connectivity index is 3.16. The molecular weight excluding hydrogens is 290 g/mol. The van der Waals surface area contributed by atoms with Gasteiger partial charge in [-0.05, 0) is 42.8 Å². The summed E-state index contributed by atoms with van der Waals surface area (Å²) in [5.41, 5.74) is 1.85. The van der Waals surface area contributed by atoms with Gasteiger partial charge in [-0.2, -0.15) is 5.26 Å². The van der Waals surface area contributed by atoms with Crippen LogP contribution in [-0.4, -0.2) is 16.6 Å². The highest BCUT2D eigenvalue weighted by atomic mass is 79.9. The molecule has 0 amide bonds. The molecule has 0 aromatic heterocycles. The lowest BCUT2D eigenvalue weighted by atomic mass is 10.0. The Bertz CT molecular complexity index is 480. The van der Waals surface area contributed by atoms with E-state index in [0.29, 0.717) is 5.56 Å². The van der Waals surface area contributed by atoms with Crippen LogP contribution in [0, 0.1) is 24.5 Å².